The molecule has 2 saturated heterocycles. The second-order valence-electron chi connectivity index (χ2n) is 7.17. The van der Waals surface area contributed by atoms with Crippen LogP contribution in [0.25, 0.3) is 0 Å². The number of rotatable bonds is 6. The lowest BCUT2D eigenvalue weighted by Gasteiger charge is -2.37. The van der Waals surface area contributed by atoms with E-state index in [0.717, 1.165) is 39.1 Å². The summed E-state index contributed by atoms with van der Waals surface area (Å²) in [5, 5.41) is 3.06. The Hall–Kier alpha value is -0.700. The van der Waals surface area contributed by atoms with Crippen molar-refractivity contribution in [3.63, 3.8) is 0 Å². The number of nitrogens with zero attached hydrogens (tertiary/aromatic N) is 2. The quantitative estimate of drug-likeness (QED) is 0.728. The molecule has 0 saturated carbocycles. The Bertz CT molecular complexity index is 517. The van der Waals surface area contributed by atoms with Gasteiger partial charge in [0.15, 0.2) is 0 Å². The summed E-state index contributed by atoms with van der Waals surface area (Å²) in [5.41, 5.74) is 0. The fourth-order valence-electron chi connectivity index (χ4n) is 3.50. The molecule has 2 rings (SSSR count). The zero-order valence-corrected chi connectivity index (χ0v) is 15.8. The second-order valence-corrected chi connectivity index (χ2v) is 9.15. The number of carbonyl (C=O) groups excluding carboxylic acids is 1. The van der Waals surface area contributed by atoms with Crippen LogP contribution in [0.4, 0.5) is 0 Å². The lowest BCUT2D eigenvalue weighted by atomic mass is 9.97. The number of hydrogen-bond donors (Lipinski definition) is 1. The van der Waals surface area contributed by atoms with Gasteiger partial charge in [-0.2, -0.15) is 0 Å². The Balaban J connectivity index is 1.88. The molecule has 2 atom stereocenters. The Kier molecular flexibility index (Phi) is 7.03. The van der Waals surface area contributed by atoms with Gasteiger partial charge in [-0.15, -0.1) is 0 Å². The number of amides is 1. The number of morpholine rings is 1. The fourth-order valence-corrected chi connectivity index (χ4v) is 4.41. The lowest BCUT2D eigenvalue weighted by molar-refractivity contribution is -0.126. The van der Waals surface area contributed by atoms with Crippen LogP contribution in [-0.4, -0.2) is 81.8 Å². The molecule has 1 N–H and O–H groups in total. The summed E-state index contributed by atoms with van der Waals surface area (Å²) < 4.78 is 30.2. The first kappa shape index (κ1) is 19.6. The molecule has 24 heavy (non-hydrogen) atoms. The first-order valence-corrected chi connectivity index (χ1v) is 10.7. The largest absolute Gasteiger partial charge is 0.379 e. The van der Waals surface area contributed by atoms with E-state index >= 15 is 0 Å². The van der Waals surface area contributed by atoms with Gasteiger partial charge in [-0.05, 0) is 18.8 Å². The molecule has 0 spiro atoms. The number of ether oxygens (including phenoxy) is 1. The highest BCUT2D eigenvalue weighted by molar-refractivity contribution is 7.88. The van der Waals surface area contributed by atoms with Gasteiger partial charge in [0, 0.05) is 38.8 Å². The van der Waals surface area contributed by atoms with Crippen LogP contribution >= 0.6 is 0 Å². The molecule has 0 radical (unpaired) electrons. The van der Waals surface area contributed by atoms with E-state index in [-0.39, 0.29) is 17.9 Å². The molecule has 7 nitrogen and oxygen atoms in total. The molecular weight excluding hydrogens is 330 g/mol. The summed E-state index contributed by atoms with van der Waals surface area (Å²) in [6.07, 6.45) is 2.70. The topological polar surface area (TPSA) is 79.0 Å². The van der Waals surface area contributed by atoms with Crippen molar-refractivity contribution in [2.45, 2.75) is 32.7 Å². The van der Waals surface area contributed by atoms with Crippen molar-refractivity contribution >= 4 is 15.9 Å². The van der Waals surface area contributed by atoms with E-state index in [2.05, 4.69) is 24.1 Å². The molecule has 2 unspecified atom stereocenters. The normalized spacial score (nSPS) is 25.6. The van der Waals surface area contributed by atoms with Crippen LogP contribution in [0.15, 0.2) is 0 Å². The highest BCUT2D eigenvalue weighted by Crippen LogP contribution is 2.19. The summed E-state index contributed by atoms with van der Waals surface area (Å²) >= 11 is 0. The number of nitrogens with one attached hydrogen (secondary N) is 1. The monoisotopic (exact) mass is 361 g/mol. The molecule has 2 aliphatic rings. The zero-order chi connectivity index (χ0) is 17.7. The van der Waals surface area contributed by atoms with E-state index in [0.29, 0.717) is 25.6 Å². The molecule has 2 heterocycles. The molecule has 0 aromatic carbocycles. The molecule has 2 aliphatic heterocycles. The Morgan fingerprint density at radius 1 is 1.25 bits per heavy atom. The lowest BCUT2D eigenvalue weighted by Crippen LogP contribution is -2.52. The second kappa shape index (κ2) is 8.60. The smallest absolute Gasteiger partial charge is 0.224 e. The van der Waals surface area contributed by atoms with E-state index in [1.54, 1.807) is 0 Å². The van der Waals surface area contributed by atoms with Crippen molar-refractivity contribution in [2.75, 3.05) is 52.2 Å². The van der Waals surface area contributed by atoms with E-state index in [1.165, 1.54) is 10.6 Å². The van der Waals surface area contributed by atoms with Crippen LogP contribution in [0.3, 0.4) is 0 Å². The summed E-state index contributed by atoms with van der Waals surface area (Å²) in [7, 11) is -3.22. The molecule has 8 heteroatoms. The molecule has 0 aromatic heterocycles. The average Bonchev–Trinajstić information content (AvgIpc) is 2.55. The van der Waals surface area contributed by atoms with Gasteiger partial charge in [0.25, 0.3) is 0 Å². The summed E-state index contributed by atoms with van der Waals surface area (Å²) in [6.45, 7) is 9.02. The molecular formula is C16H31N3O4S. The number of piperidine rings is 1. The minimum Gasteiger partial charge on any atom is -0.379 e. The van der Waals surface area contributed by atoms with Crippen LogP contribution in [0.2, 0.25) is 0 Å². The standard InChI is InChI=1S/C16H31N3O4S/c1-13(2)15(18-7-9-23-10-8-18)11-17-16(20)14-5-4-6-19(12-14)24(3,21)22/h13-15H,4-12H2,1-3H3,(H,17,20). The zero-order valence-electron chi connectivity index (χ0n) is 15.0. The third-order valence-electron chi connectivity index (χ3n) is 4.99. The Morgan fingerprint density at radius 2 is 1.92 bits per heavy atom. The minimum absolute atomic E-state index is 0.0257. The summed E-state index contributed by atoms with van der Waals surface area (Å²) in [5.74, 6) is 0.163. The van der Waals surface area contributed by atoms with E-state index in [9.17, 15) is 13.2 Å². The van der Waals surface area contributed by atoms with Gasteiger partial charge in [-0.1, -0.05) is 13.8 Å². The van der Waals surface area contributed by atoms with Gasteiger partial charge in [0.1, 0.15) is 0 Å². The molecule has 140 valence electrons. The SMILES string of the molecule is CC(C)C(CNC(=O)C1CCCN(S(C)(=O)=O)C1)N1CCOCC1. The molecule has 0 aromatic rings. The summed E-state index contributed by atoms with van der Waals surface area (Å²) in [6, 6.07) is 0.285. The number of sulfonamides is 1. The van der Waals surface area contributed by atoms with Crippen molar-refractivity contribution in [1.82, 2.24) is 14.5 Å². The molecule has 1 amide bonds. The predicted molar refractivity (Wildman–Crippen MR) is 93.2 cm³/mol. The Morgan fingerprint density at radius 3 is 2.50 bits per heavy atom. The highest BCUT2D eigenvalue weighted by atomic mass is 32.2. The summed E-state index contributed by atoms with van der Waals surface area (Å²) in [4.78, 5) is 14.9. The third-order valence-corrected chi connectivity index (χ3v) is 6.26. The van der Waals surface area contributed by atoms with Crippen molar-refractivity contribution < 1.29 is 17.9 Å². The van der Waals surface area contributed by atoms with E-state index in [4.69, 9.17) is 4.74 Å². The third kappa shape index (κ3) is 5.40. The first-order chi connectivity index (χ1) is 11.3. The molecule has 0 bridgehead atoms. The highest BCUT2D eigenvalue weighted by Gasteiger charge is 2.31. The maximum atomic E-state index is 12.5. The van der Waals surface area contributed by atoms with Gasteiger partial charge in [-0.25, -0.2) is 12.7 Å². The van der Waals surface area contributed by atoms with Crippen molar-refractivity contribution in [3.8, 4) is 0 Å². The van der Waals surface area contributed by atoms with Gasteiger partial charge >= 0.3 is 0 Å². The van der Waals surface area contributed by atoms with Crippen molar-refractivity contribution in [1.29, 1.82) is 0 Å². The predicted octanol–water partition coefficient (Wildman–Crippen LogP) is 0.131. The fraction of sp³-hybridized carbons (Fsp3) is 0.938. The maximum Gasteiger partial charge on any atom is 0.224 e. The van der Waals surface area contributed by atoms with E-state index in [1.807, 2.05) is 0 Å². The van der Waals surface area contributed by atoms with Crippen LogP contribution in [0, 0.1) is 11.8 Å². The van der Waals surface area contributed by atoms with Crippen LogP contribution in [0.5, 0.6) is 0 Å². The Labute approximate surface area is 145 Å². The van der Waals surface area contributed by atoms with Crippen LogP contribution in [0.1, 0.15) is 26.7 Å². The average molecular weight is 362 g/mol. The number of carbonyl (C=O) groups is 1. The van der Waals surface area contributed by atoms with Crippen LogP contribution in [-0.2, 0) is 19.6 Å². The first-order valence-electron chi connectivity index (χ1n) is 8.83. The van der Waals surface area contributed by atoms with Gasteiger partial charge in [0.05, 0.1) is 25.4 Å². The molecule has 0 aliphatic carbocycles. The van der Waals surface area contributed by atoms with Gasteiger partial charge in [-0.3, -0.25) is 9.69 Å². The molecule has 2 fully saturated rings. The number of hydrogen-bond acceptors (Lipinski definition) is 5. The van der Waals surface area contributed by atoms with Crippen LogP contribution < -0.4 is 5.32 Å². The van der Waals surface area contributed by atoms with Crippen molar-refractivity contribution in [2.24, 2.45) is 11.8 Å². The van der Waals surface area contributed by atoms with Crippen molar-refractivity contribution in [3.05, 3.63) is 0 Å². The van der Waals surface area contributed by atoms with Gasteiger partial charge < -0.3 is 10.1 Å². The maximum absolute atomic E-state index is 12.5. The van der Waals surface area contributed by atoms with Gasteiger partial charge in [0.2, 0.25) is 15.9 Å². The van der Waals surface area contributed by atoms with E-state index < -0.39 is 10.0 Å². The minimum atomic E-state index is -3.22.